The van der Waals surface area contributed by atoms with E-state index in [0.717, 1.165) is 18.4 Å². The quantitative estimate of drug-likeness (QED) is 0.896. The number of nitrogens with zero attached hydrogens (tertiary/aromatic N) is 1. The van der Waals surface area contributed by atoms with Crippen LogP contribution >= 0.6 is 0 Å². The van der Waals surface area contributed by atoms with Crippen LogP contribution in [0.5, 0.6) is 0 Å². The fourth-order valence-electron chi connectivity index (χ4n) is 2.72. The zero-order chi connectivity index (χ0) is 16.8. The number of piperidine rings is 1. The molecule has 126 valence electrons. The Labute approximate surface area is 138 Å². The van der Waals surface area contributed by atoms with Crippen molar-refractivity contribution in [3.05, 3.63) is 35.4 Å². The van der Waals surface area contributed by atoms with E-state index in [1.807, 2.05) is 45.0 Å². The van der Waals surface area contributed by atoms with E-state index in [0.29, 0.717) is 19.6 Å². The van der Waals surface area contributed by atoms with Crippen LogP contribution < -0.4 is 10.6 Å². The van der Waals surface area contributed by atoms with E-state index < -0.39 is 0 Å². The van der Waals surface area contributed by atoms with Crippen molar-refractivity contribution in [3.8, 4) is 0 Å². The monoisotopic (exact) mass is 317 g/mol. The second-order valence-corrected chi connectivity index (χ2v) is 6.57. The fourth-order valence-corrected chi connectivity index (χ4v) is 2.72. The van der Waals surface area contributed by atoms with E-state index in [2.05, 4.69) is 10.6 Å². The molecule has 1 saturated heterocycles. The van der Waals surface area contributed by atoms with Crippen molar-refractivity contribution in [2.45, 2.75) is 46.2 Å². The van der Waals surface area contributed by atoms with Gasteiger partial charge in [0.1, 0.15) is 0 Å². The Morgan fingerprint density at radius 2 is 1.78 bits per heavy atom. The highest BCUT2D eigenvalue weighted by Gasteiger charge is 2.27. The number of carbonyl (C=O) groups excluding carboxylic acids is 2. The maximum absolute atomic E-state index is 12.3. The average molecular weight is 317 g/mol. The van der Waals surface area contributed by atoms with Gasteiger partial charge in [-0.05, 0) is 39.2 Å². The summed E-state index contributed by atoms with van der Waals surface area (Å²) in [6.07, 6.45) is 1.45. The number of hydrogen-bond acceptors (Lipinski definition) is 2. The summed E-state index contributed by atoms with van der Waals surface area (Å²) in [6.45, 7) is 7.79. The maximum Gasteiger partial charge on any atom is 0.317 e. The van der Waals surface area contributed by atoms with Crippen LogP contribution in [0.1, 0.15) is 37.8 Å². The lowest BCUT2D eigenvalue weighted by molar-refractivity contribution is -0.126. The van der Waals surface area contributed by atoms with E-state index in [-0.39, 0.29) is 23.9 Å². The number of hydrogen-bond donors (Lipinski definition) is 2. The van der Waals surface area contributed by atoms with Gasteiger partial charge in [-0.2, -0.15) is 0 Å². The van der Waals surface area contributed by atoms with Crippen LogP contribution in [0.3, 0.4) is 0 Å². The minimum Gasteiger partial charge on any atom is -0.352 e. The van der Waals surface area contributed by atoms with Gasteiger partial charge in [-0.3, -0.25) is 4.79 Å². The number of urea groups is 1. The molecule has 2 rings (SSSR count). The van der Waals surface area contributed by atoms with Crippen molar-refractivity contribution in [2.75, 3.05) is 13.1 Å². The van der Waals surface area contributed by atoms with Gasteiger partial charge in [0.05, 0.1) is 0 Å². The second-order valence-electron chi connectivity index (χ2n) is 6.57. The molecule has 5 heteroatoms. The van der Waals surface area contributed by atoms with Gasteiger partial charge in [0, 0.05) is 31.6 Å². The van der Waals surface area contributed by atoms with Crippen LogP contribution in [0.2, 0.25) is 0 Å². The Morgan fingerprint density at radius 1 is 1.17 bits per heavy atom. The van der Waals surface area contributed by atoms with Crippen molar-refractivity contribution < 1.29 is 9.59 Å². The number of rotatable bonds is 4. The second kappa shape index (κ2) is 7.99. The SMILES string of the molecule is Cc1ccc(CNC(=O)C2CCN(C(=O)NC(C)C)CC2)cc1. The molecule has 1 heterocycles. The van der Waals surface area contributed by atoms with E-state index >= 15 is 0 Å². The van der Waals surface area contributed by atoms with Gasteiger partial charge >= 0.3 is 6.03 Å². The molecule has 0 atom stereocenters. The summed E-state index contributed by atoms with van der Waals surface area (Å²) in [5.74, 6) is 0.0954. The third-order valence-electron chi connectivity index (χ3n) is 4.15. The first-order valence-electron chi connectivity index (χ1n) is 8.34. The summed E-state index contributed by atoms with van der Waals surface area (Å²) < 4.78 is 0. The van der Waals surface area contributed by atoms with Gasteiger partial charge in [0.15, 0.2) is 0 Å². The fraction of sp³-hybridized carbons (Fsp3) is 0.556. The highest BCUT2D eigenvalue weighted by Crippen LogP contribution is 2.17. The molecule has 5 nitrogen and oxygen atoms in total. The van der Waals surface area contributed by atoms with Crippen molar-refractivity contribution in [2.24, 2.45) is 5.92 Å². The molecule has 1 aromatic carbocycles. The Kier molecular flexibility index (Phi) is 6.02. The third kappa shape index (κ3) is 5.27. The molecule has 1 aromatic rings. The lowest BCUT2D eigenvalue weighted by Crippen LogP contribution is -2.48. The number of carbonyl (C=O) groups is 2. The summed E-state index contributed by atoms with van der Waals surface area (Å²) in [5, 5.41) is 5.90. The van der Waals surface area contributed by atoms with E-state index in [4.69, 9.17) is 0 Å². The molecule has 1 aliphatic heterocycles. The van der Waals surface area contributed by atoms with Gasteiger partial charge in [-0.25, -0.2) is 4.79 Å². The number of likely N-dealkylation sites (tertiary alicyclic amines) is 1. The van der Waals surface area contributed by atoms with Crippen molar-refractivity contribution in [3.63, 3.8) is 0 Å². The van der Waals surface area contributed by atoms with Crippen LogP contribution in [-0.4, -0.2) is 36.0 Å². The molecule has 0 saturated carbocycles. The summed E-state index contributed by atoms with van der Waals surface area (Å²) in [6, 6.07) is 8.28. The van der Waals surface area contributed by atoms with Crippen LogP contribution in [0.25, 0.3) is 0 Å². The van der Waals surface area contributed by atoms with Crippen LogP contribution in [0, 0.1) is 12.8 Å². The van der Waals surface area contributed by atoms with Crippen LogP contribution in [0.15, 0.2) is 24.3 Å². The number of amides is 3. The summed E-state index contributed by atoms with van der Waals surface area (Å²) in [7, 11) is 0. The molecule has 0 aliphatic carbocycles. The molecular weight excluding hydrogens is 290 g/mol. The molecule has 0 aromatic heterocycles. The minimum absolute atomic E-state index is 0.00329. The Balaban J connectivity index is 1.75. The summed E-state index contributed by atoms with van der Waals surface area (Å²) in [4.78, 5) is 26.0. The maximum atomic E-state index is 12.3. The lowest BCUT2D eigenvalue weighted by Gasteiger charge is -2.32. The molecule has 23 heavy (non-hydrogen) atoms. The van der Waals surface area contributed by atoms with Gasteiger partial charge in [-0.15, -0.1) is 0 Å². The van der Waals surface area contributed by atoms with Gasteiger partial charge in [0.25, 0.3) is 0 Å². The van der Waals surface area contributed by atoms with E-state index in [1.165, 1.54) is 5.56 Å². The molecule has 0 unspecified atom stereocenters. The van der Waals surface area contributed by atoms with Gasteiger partial charge in [-0.1, -0.05) is 29.8 Å². The lowest BCUT2D eigenvalue weighted by atomic mass is 9.96. The summed E-state index contributed by atoms with van der Waals surface area (Å²) >= 11 is 0. The zero-order valence-corrected chi connectivity index (χ0v) is 14.3. The topological polar surface area (TPSA) is 61.4 Å². The van der Waals surface area contributed by atoms with Crippen molar-refractivity contribution >= 4 is 11.9 Å². The number of nitrogens with one attached hydrogen (secondary N) is 2. The van der Waals surface area contributed by atoms with Crippen LogP contribution in [0.4, 0.5) is 4.79 Å². The third-order valence-corrected chi connectivity index (χ3v) is 4.15. The highest BCUT2D eigenvalue weighted by molar-refractivity contribution is 5.79. The Hall–Kier alpha value is -2.04. The first kappa shape index (κ1) is 17.3. The van der Waals surface area contributed by atoms with Gasteiger partial charge < -0.3 is 15.5 Å². The molecule has 1 aliphatic rings. The predicted octanol–water partition coefficient (Wildman–Crippen LogP) is 2.44. The first-order valence-corrected chi connectivity index (χ1v) is 8.34. The molecule has 3 amide bonds. The largest absolute Gasteiger partial charge is 0.352 e. The van der Waals surface area contributed by atoms with E-state index in [9.17, 15) is 9.59 Å². The number of aryl methyl sites for hydroxylation is 1. The van der Waals surface area contributed by atoms with Crippen molar-refractivity contribution in [1.29, 1.82) is 0 Å². The predicted molar refractivity (Wildman–Crippen MR) is 91.0 cm³/mol. The molecule has 1 fully saturated rings. The smallest absolute Gasteiger partial charge is 0.317 e. The van der Waals surface area contributed by atoms with Crippen molar-refractivity contribution in [1.82, 2.24) is 15.5 Å². The molecule has 0 spiro atoms. The molecule has 0 radical (unpaired) electrons. The zero-order valence-electron chi connectivity index (χ0n) is 14.3. The Bertz CT molecular complexity index is 532. The standard InChI is InChI=1S/C18H27N3O2/c1-13(2)20-18(23)21-10-8-16(9-11-21)17(22)19-12-15-6-4-14(3)5-7-15/h4-7,13,16H,8-12H2,1-3H3,(H,19,22)(H,20,23). The first-order chi connectivity index (χ1) is 11.0. The average Bonchev–Trinajstić information content (AvgIpc) is 2.53. The molecular formula is C18H27N3O2. The highest BCUT2D eigenvalue weighted by atomic mass is 16.2. The van der Waals surface area contributed by atoms with Gasteiger partial charge in [0.2, 0.25) is 5.91 Å². The van der Waals surface area contributed by atoms with E-state index in [1.54, 1.807) is 4.90 Å². The summed E-state index contributed by atoms with van der Waals surface area (Å²) in [5.41, 5.74) is 2.32. The molecule has 2 N–H and O–H groups in total. The normalized spacial score (nSPS) is 15.6. The minimum atomic E-state index is -0.0292. The molecule has 0 bridgehead atoms. The van der Waals surface area contributed by atoms with Crippen LogP contribution in [-0.2, 0) is 11.3 Å². The number of benzene rings is 1. The Morgan fingerprint density at radius 3 is 2.35 bits per heavy atom.